The van der Waals surface area contributed by atoms with Gasteiger partial charge in [-0.3, -0.25) is 0 Å². The fourth-order valence-electron chi connectivity index (χ4n) is 2.10. The van der Waals surface area contributed by atoms with Gasteiger partial charge in [0.05, 0.1) is 0 Å². The molecule has 0 spiro atoms. The molecule has 1 aromatic rings. The second kappa shape index (κ2) is 3.62. The van der Waals surface area contributed by atoms with E-state index in [1.807, 2.05) is 0 Å². The number of nitrogens with two attached hydrogens (primary N) is 1. The average Bonchev–Trinajstić information content (AvgIpc) is 2.16. The molecule has 0 radical (unpaired) electrons. The molecule has 1 fully saturated rings. The minimum absolute atomic E-state index is 0.644. The maximum absolute atomic E-state index is 5.79. The Hall–Kier alpha value is -1.02. The van der Waals surface area contributed by atoms with Gasteiger partial charge in [0.25, 0.3) is 0 Å². The van der Waals surface area contributed by atoms with Crippen molar-refractivity contribution in [3.05, 3.63) is 29.3 Å². The van der Waals surface area contributed by atoms with Gasteiger partial charge in [-0.25, -0.2) is 0 Å². The highest BCUT2D eigenvalue weighted by molar-refractivity contribution is 5.58. The normalized spacial score (nSPS) is 20.8. The van der Waals surface area contributed by atoms with Crippen LogP contribution in [0.3, 0.4) is 0 Å². The molecule has 1 saturated heterocycles. The molecule has 2 N–H and O–H groups in total. The monoisotopic (exact) mass is 190 g/mol. The van der Waals surface area contributed by atoms with Gasteiger partial charge in [-0.1, -0.05) is 12.1 Å². The van der Waals surface area contributed by atoms with Crippen molar-refractivity contribution in [3.8, 4) is 0 Å². The molecule has 0 saturated carbocycles. The molecule has 1 aliphatic rings. The predicted molar refractivity (Wildman–Crippen MR) is 60.5 cm³/mol. The van der Waals surface area contributed by atoms with Gasteiger partial charge >= 0.3 is 0 Å². The second-order valence-electron chi connectivity index (χ2n) is 4.11. The summed E-state index contributed by atoms with van der Waals surface area (Å²) in [6.07, 6.45) is 1.30. The summed E-state index contributed by atoms with van der Waals surface area (Å²) < 4.78 is 0. The molecule has 0 aromatic heterocycles. The van der Waals surface area contributed by atoms with Crippen molar-refractivity contribution in [2.45, 2.75) is 32.9 Å². The van der Waals surface area contributed by atoms with E-state index < -0.39 is 0 Å². The lowest BCUT2D eigenvalue weighted by atomic mass is 9.99. The first-order chi connectivity index (χ1) is 6.74. The number of anilines is 1. The largest absolute Gasteiger partial charge is 0.368 e. The molecule has 2 rings (SSSR count). The highest BCUT2D eigenvalue weighted by Crippen LogP contribution is 2.30. The van der Waals surface area contributed by atoms with Gasteiger partial charge in [-0.15, -0.1) is 0 Å². The third-order valence-corrected chi connectivity index (χ3v) is 3.22. The molecule has 1 aromatic carbocycles. The minimum Gasteiger partial charge on any atom is -0.368 e. The Balaban J connectivity index is 2.36. The fraction of sp³-hybridized carbons (Fsp3) is 0.500. The van der Waals surface area contributed by atoms with Crippen molar-refractivity contribution in [1.29, 1.82) is 0 Å². The van der Waals surface area contributed by atoms with Crippen molar-refractivity contribution in [2.24, 2.45) is 5.73 Å². The molecule has 0 aliphatic carbocycles. The van der Waals surface area contributed by atoms with Crippen LogP contribution in [0.15, 0.2) is 18.2 Å². The topological polar surface area (TPSA) is 29.3 Å². The highest BCUT2D eigenvalue weighted by Gasteiger charge is 2.25. The number of aryl methyl sites for hydroxylation is 1. The van der Waals surface area contributed by atoms with Crippen LogP contribution in [0.1, 0.15) is 24.5 Å². The molecule has 1 unspecified atom stereocenters. The van der Waals surface area contributed by atoms with Crippen molar-refractivity contribution in [2.75, 3.05) is 11.4 Å². The lowest BCUT2D eigenvalue weighted by Crippen LogP contribution is -2.46. The standard InChI is InChI=1S/C12H18N2/c1-9-4-3-5-12(11(9)8-13)14-7-6-10(14)2/h3-5,10H,6-8,13H2,1-2H3. The van der Waals surface area contributed by atoms with Crippen LogP contribution in [0.5, 0.6) is 0 Å². The first-order valence-corrected chi connectivity index (χ1v) is 5.29. The SMILES string of the molecule is Cc1cccc(N2CCC2C)c1CN. The molecule has 0 bridgehead atoms. The van der Waals surface area contributed by atoms with E-state index in [4.69, 9.17) is 5.73 Å². The number of benzene rings is 1. The number of hydrogen-bond donors (Lipinski definition) is 1. The third-order valence-electron chi connectivity index (χ3n) is 3.22. The van der Waals surface area contributed by atoms with Crippen LogP contribution < -0.4 is 10.6 Å². The number of hydrogen-bond acceptors (Lipinski definition) is 2. The third kappa shape index (κ3) is 1.40. The Bertz CT molecular complexity index is 333. The Morgan fingerprint density at radius 1 is 1.50 bits per heavy atom. The number of nitrogens with zero attached hydrogens (tertiary/aromatic N) is 1. The van der Waals surface area contributed by atoms with Crippen LogP contribution in [-0.4, -0.2) is 12.6 Å². The summed E-state index contributed by atoms with van der Waals surface area (Å²) in [6.45, 7) is 6.23. The molecule has 0 amide bonds. The molecule has 1 aliphatic heterocycles. The summed E-state index contributed by atoms with van der Waals surface area (Å²) >= 11 is 0. The van der Waals surface area contributed by atoms with Crippen molar-refractivity contribution >= 4 is 5.69 Å². The molecule has 14 heavy (non-hydrogen) atoms. The zero-order chi connectivity index (χ0) is 10.1. The summed E-state index contributed by atoms with van der Waals surface area (Å²) in [6, 6.07) is 7.12. The smallest absolute Gasteiger partial charge is 0.0416 e. The van der Waals surface area contributed by atoms with Gasteiger partial charge in [-0.2, -0.15) is 0 Å². The summed E-state index contributed by atoms with van der Waals surface area (Å²) in [7, 11) is 0. The van der Waals surface area contributed by atoms with E-state index in [1.165, 1.54) is 29.8 Å². The zero-order valence-corrected chi connectivity index (χ0v) is 8.96. The van der Waals surface area contributed by atoms with Gasteiger partial charge < -0.3 is 10.6 Å². The first kappa shape index (κ1) is 9.53. The van der Waals surface area contributed by atoms with Gasteiger partial charge in [0.2, 0.25) is 0 Å². The molecular weight excluding hydrogens is 172 g/mol. The Kier molecular flexibility index (Phi) is 2.46. The summed E-state index contributed by atoms with van der Waals surface area (Å²) in [5.41, 5.74) is 9.74. The van der Waals surface area contributed by atoms with E-state index >= 15 is 0 Å². The molecule has 76 valence electrons. The van der Waals surface area contributed by atoms with Crippen LogP contribution in [-0.2, 0) is 6.54 Å². The van der Waals surface area contributed by atoms with Gasteiger partial charge in [0, 0.05) is 24.8 Å². The highest BCUT2D eigenvalue weighted by atomic mass is 15.2. The predicted octanol–water partition coefficient (Wildman–Crippen LogP) is 2.05. The van der Waals surface area contributed by atoms with Gasteiger partial charge in [-0.05, 0) is 37.5 Å². The van der Waals surface area contributed by atoms with Crippen LogP contribution in [0.2, 0.25) is 0 Å². The van der Waals surface area contributed by atoms with Crippen LogP contribution in [0.25, 0.3) is 0 Å². The first-order valence-electron chi connectivity index (χ1n) is 5.29. The quantitative estimate of drug-likeness (QED) is 0.773. The van der Waals surface area contributed by atoms with Crippen molar-refractivity contribution < 1.29 is 0 Å². The van der Waals surface area contributed by atoms with Gasteiger partial charge in [0.15, 0.2) is 0 Å². The van der Waals surface area contributed by atoms with E-state index in [-0.39, 0.29) is 0 Å². The average molecular weight is 190 g/mol. The van der Waals surface area contributed by atoms with Crippen molar-refractivity contribution in [1.82, 2.24) is 0 Å². The summed E-state index contributed by atoms with van der Waals surface area (Å²) in [4.78, 5) is 2.44. The maximum Gasteiger partial charge on any atom is 0.0416 e. The summed E-state index contributed by atoms with van der Waals surface area (Å²) in [5.74, 6) is 0. The van der Waals surface area contributed by atoms with E-state index in [9.17, 15) is 0 Å². The van der Waals surface area contributed by atoms with Crippen LogP contribution in [0.4, 0.5) is 5.69 Å². The van der Waals surface area contributed by atoms with E-state index in [1.54, 1.807) is 0 Å². The fourth-order valence-corrected chi connectivity index (χ4v) is 2.10. The lowest BCUT2D eigenvalue weighted by Gasteiger charge is -2.42. The van der Waals surface area contributed by atoms with Crippen LogP contribution in [0, 0.1) is 6.92 Å². The molecule has 1 heterocycles. The Morgan fingerprint density at radius 2 is 2.29 bits per heavy atom. The van der Waals surface area contributed by atoms with E-state index in [2.05, 4.69) is 36.9 Å². The second-order valence-corrected chi connectivity index (χ2v) is 4.11. The molecular formula is C12H18N2. The van der Waals surface area contributed by atoms with E-state index in [0.29, 0.717) is 12.6 Å². The maximum atomic E-state index is 5.79. The van der Waals surface area contributed by atoms with Crippen molar-refractivity contribution in [3.63, 3.8) is 0 Å². The summed E-state index contributed by atoms with van der Waals surface area (Å²) in [5, 5.41) is 0. The van der Waals surface area contributed by atoms with E-state index in [0.717, 1.165) is 0 Å². The lowest BCUT2D eigenvalue weighted by molar-refractivity contribution is 0.479. The Labute approximate surface area is 85.7 Å². The molecule has 2 nitrogen and oxygen atoms in total. The minimum atomic E-state index is 0.644. The number of rotatable bonds is 2. The molecule has 1 atom stereocenters. The Morgan fingerprint density at radius 3 is 2.79 bits per heavy atom. The van der Waals surface area contributed by atoms with Gasteiger partial charge in [0.1, 0.15) is 0 Å². The van der Waals surface area contributed by atoms with Crippen LogP contribution >= 0.6 is 0 Å². The zero-order valence-electron chi connectivity index (χ0n) is 8.96. The molecule has 2 heteroatoms.